The molecule has 0 aliphatic rings. The summed E-state index contributed by atoms with van der Waals surface area (Å²) in [5, 5.41) is 8.70. The zero-order chi connectivity index (χ0) is 11.9. The zero-order valence-corrected chi connectivity index (χ0v) is 9.23. The van der Waals surface area contributed by atoms with Crippen molar-refractivity contribution in [1.29, 1.82) is 0 Å². The molecule has 0 radical (unpaired) electrons. The van der Waals surface area contributed by atoms with Crippen molar-refractivity contribution in [2.45, 2.75) is 32.2 Å². The van der Waals surface area contributed by atoms with E-state index < -0.39 is 11.5 Å². The average Bonchev–Trinajstić information content (AvgIpc) is 2.10. The molecular weight excluding hydrogens is 194 g/mol. The Morgan fingerprint density at radius 3 is 2.67 bits per heavy atom. The van der Waals surface area contributed by atoms with Gasteiger partial charge < -0.3 is 16.6 Å². The van der Waals surface area contributed by atoms with E-state index in [-0.39, 0.29) is 0 Å². The Bertz CT molecular complexity index is 266. The smallest absolute Gasteiger partial charge is 0.327 e. The molecule has 0 aromatic heterocycles. The van der Waals surface area contributed by atoms with Crippen LogP contribution in [0.3, 0.4) is 0 Å². The molecule has 5 N–H and O–H groups in total. The first-order valence-corrected chi connectivity index (χ1v) is 4.83. The van der Waals surface area contributed by atoms with Gasteiger partial charge in [0.1, 0.15) is 5.54 Å². The van der Waals surface area contributed by atoms with Crippen molar-refractivity contribution < 1.29 is 9.90 Å². The molecule has 15 heavy (non-hydrogen) atoms. The number of hydrogen-bond donors (Lipinski definition) is 3. The molecule has 0 aliphatic carbocycles. The largest absolute Gasteiger partial charge is 0.480 e. The van der Waals surface area contributed by atoms with Gasteiger partial charge in [0, 0.05) is 6.54 Å². The predicted molar refractivity (Wildman–Crippen MR) is 60.8 cm³/mol. The number of carbonyl (C=O) groups is 1. The highest BCUT2D eigenvalue weighted by Crippen LogP contribution is 2.03. The highest BCUT2D eigenvalue weighted by molar-refractivity contribution is 5.80. The molecule has 0 rings (SSSR count). The minimum Gasteiger partial charge on any atom is -0.480 e. The van der Waals surface area contributed by atoms with E-state index in [1.54, 1.807) is 13.0 Å². The van der Waals surface area contributed by atoms with E-state index in [9.17, 15) is 4.79 Å². The number of hydrogen-bond acceptors (Lipinski definition) is 3. The van der Waals surface area contributed by atoms with Crippen molar-refractivity contribution in [2.24, 2.45) is 16.5 Å². The molecule has 0 saturated heterocycles. The number of carboxylic acid groups (broad SMARTS) is 1. The molecule has 0 aliphatic heterocycles. The van der Waals surface area contributed by atoms with Crippen molar-refractivity contribution in [2.75, 3.05) is 6.54 Å². The van der Waals surface area contributed by atoms with Gasteiger partial charge in [-0.2, -0.15) is 0 Å². The van der Waals surface area contributed by atoms with Gasteiger partial charge in [-0.15, -0.1) is 0 Å². The number of rotatable bonds is 6. The second-order valence-corrected chi connectivity index (χ2v) is 3.66. The van der Waals surface area contributed by atoms with Gasteiger partial charge >= 0.3 is 5.97 Å². The summed E-state index contributed by atoms with van der Waals surface area (Å²) in [4.78, 5) is 14.6. The number of carboxylic acids is 1. The summed E-state index contributed by atoms with van der Waals surface area (Å²) in [7, 11) is 0. The normalized spacial score (nSPS) is 16.6. The highest BCUT2D eigenvalue weighted by atomic mass is 16.4. The molecule has 0 bridgehead atoms. The molecule has 0 heterocycles. The summed E-state index contributed by atoms with van der Waals surface area (Å²) >= 11 is 0. The van der Waals surface area contributed by atoms with Gasteiger partial charge in [-0.1, -0.05) is 12.2 Å². The number of amidine groups is 1. The van der Waals surface area contributed by atoms with E-state index in [1.807, 2.05) is 0 Å². The highest BCUT2D eigenvalue weighted by Gasteiger charge is 2.23. The average molecular weight is 213 g/mol. The number of nitrogens with zero attached hydrogens (tertiary/aromatic N) is 1. The first kappa shape index (κ1) is 13.6. The van der Waals surface area contributed by atoms with Crippen molar-refractivity contribution in [3.05, 3.63) is 12.2 Å². The van der Waals surface area contributed by atoms with Crippen LogP contribution in [-0.2, 0) is 4.79 Å². The van der Waals surface area contributed by atoms with Crippen molar-refractivity contribution in [1.82, 2.24) is 0 Å². The molecular formula is C10H19N3O2. The van der Waals surface area contributed by atoms with Gasteiger partial charge in [-0.3, -0.25) is 4.99 Å². The Kier molecular flexibility index (Phi) is 5.62. The molecule has 1 atom stereocenters. The summed E-state index contributed by atoms with van der Waals surface area (Å²) in [6, 6.07) is 0. The second kappa shape index (κ2) is 6.19. The molecule has 0 amide bonds. The number of nitrogens with two attached hydrogens (primary N) is 2. The lowest BCUT2D eigenvalue weighted by Gasteiger charge is -2.12. The van der Waals surface area contributed by atoms with Gasteiger partial charge in [-0.25, -0.2) is 4.79 Å². The van der Waals surface area contributed by atoms with Crippen LogP contribution in [0.4, 0.5) is 0 Å². The van der Waals surface area contributed by atoms with Crippen molar-refractivity contribution >= 4 is 11.8 Å². The van der Waals surface area contributed by atoms with Crippen molar-refractivity contribution in [3.8, 4) is 0 Å². The number of aliphatic carboxylic acids is 1. The quantitative estimate of drug-likeness (QED) is 0.259. The minimum absolute atomic E-state index is 0.563. The SMILES string of the molecule is CC(N)=NCCC/C=C\[C@](C)(N)C(=O)O. The van der Waals surface area contributed by atoms with Gasteiger partial charge in [0.05, 0.1) is 5.84 Å². The maximum Gasteiger partial charge on any atom is 0.327 e. The van der Waals surface area contributed by atoms with E-state index in [0.29, 0.717) is 12.4 Å². The molecule has 0 unspecified atom stereocenters. The molecule has 5 heteroatoms. The van der Waals surface area contributed by atoms with Crippen LogP contribution in [0.1, 0.15) is 26.7 Å². The number of allylic oxidation sites excluding steroid dienone is 1. The predicted octanol–water partition coefficient (Wildman–Crippen LogP) is 0.502. The van der Waals surface area contributed by atoms with E-state index >= 15 is 0 Å². The summed E-state index contributed by atoms with van der Waals surface area (Å²) in [6.45, 7) is 3.84. The topological polar surface area (TPSA) is 102 Å². The Morgan fingerprint density at radius 1 is 1.60 bits per heavy atom. The van der Waals surface area contributed by atoms with Crippen LogP contribution in [0.25, 0.3) is 0 Å². The second-order valence-electron chi connectivity index (χ2n) is 3.66. The van der Waals surface area contributed by atoms with Crippen LogP contribution < -0.4 is 11.5 Å². The molecule has 5 nitrogen and oxygen atoms in total. The molecule has 0 aromatic carbocycles. The maximum absolute atomic E-state index is 10.6. The van der Waals surface area contributed by atoms with Crippen LogP contribution in [0, 0.1) is 0 Å². The van der Waals surface area contributed by atoms with Crippen LogP contribution >= 0.6 is 0 Å². The van der Waals surface area contributed by atoms with E-state index in [4.69, 9.17) is 16.6 Å². The standard InChI is InChI=1S/C10H19N3O2/c1-8(11)13-7-5-3-4-6-10(2,12)9(14)15/h4,6H,3,5,7,12H2,1-2H3,(H2,11,13)(H,14,15)/b6-4-/t10-/m0/s1. The van der Waals surface area contributed by atoms with Gasteiger partial charge in [0.15, 0.2) is 0 Å². The number of aliphatic imine (C=N–C) groups is 1. The summed E-state index contributed by atoms with van der Waals surface area (Å²) in [5.41, 5.74) is 9.55. The first-order chi connectivity index (χ1) is 6.86. The lowest BCUT2D eigenvalue weighted by atomic mass is 10.0. The Hall–Kier alpha value is -1.36. The molecule has 0 saturated carbocycles. The van der Waals surface area contributed by atoms with Gasteiger partial charge in [-0.05, 0) is 26.7 Å². The third-order valence-corrected chi connectivity index (χ3v) is 1.82. The van der Waals surface area contributed by atoms with Gasteiger partial charge in [0.25, 0.3) is 0 Å². The Balaban J connectivity index is 3.82. The fourth-order valence-corrected chi connectivity index (χ4v) is 0.864. The van der Waals surface area contributed by atoms with E-state index in [0.717, 1.165) is 12.8 Å². The van der Waals surface area contributed by atoms with Crippen LogP contribution in [-0.4, -0.2) is 29.0 Å². The number of unbranched alkanes of at least 4 members (excludes halogenated alkanes) is 1. The van der Waals surface area contributed by atoms with Crippen LogP contribution in [0.5, 0.6) is 0 Å². The molecule has 0 fully saturated rings. The van der Waals surface area contributed by atoms with E-state index in [2.05, 4.69) is 4.99 Å². The molecule has 86 valence electrons. The fraction of sp³-hybridized carbons (Fsp3) is 0.600. The molecule has 0 spiro atoms. The maximum atomic E-state index is 10.6. The fourth-order valence-electron chi connectivity index (χ4n) is 0.864. The third kappa shape index (κ3) is 6.68. The van der Waals surface area contributed by atoms with Gasteiger partial charge in [0.2, 0.25) is 0 Å². The lowest BCUT2D eigenvalue weighted by Crippen LogP contribution is -2.42. The zero-order valence-electron chi connectivity index (χ0n) is 9.23. The Morgan fingerprint density at radius 2 is 2.20 bits per heavy atom. The first-order valence-electron chi connectivity index (χ1n) is 4.83. The van der Waals surface area contributed by atoms with Crippen LogP contribution in [0.15, 0.2) is 17.1 Å². The monoisotopic (exact) mass is 213 g/mol. The third-order valence-electron chi connectivity index (χ3n) is 1.82. The van der Waals surface area contributed by atoms with Crippen molar-refractivity contribution in [3.63, 3.8) is 0 Å². The summed E-state index contributed by atoms with van der Waals surface area (Å²) in [6.07, 6.45) is 4.83. The van der Waals surface area contributed by atoms with E-state index in [1.165, 1.54) is 13.0 Å². The molecule has 0 aromatic rings. The summed E-state index contributed by atoms with van der Waals surface area (Å²) in [5.74, 6) is -0.470. The summed E-state index contributed by atoms with van der Waals surface area (Å²) < 4.78 is 0. The van der Waals surface area contributed by atoms with Crippen LogP contribution in [0.2, 0.25) is 0 Å². The Labute approximate surface area is 89.9 Å². The lowest BCUT2D eigenvalue weighted by molar-refractivity contribution is -0.140. The minimum atomic E-state index is -1.28.